The number of morpholine rings is 1. The van der Waals surface area contributed by atoms with Crippen molar-refractivity contribution in [1.82, 2.24) is 14.6 Å². The maximum Gasteiger partial charge on any atom is 0.243 e. The van der Waals surface area contributed by atoms with Gasteiger partial charge in [0.15, 0.2) is 5.65 Å². The third kappa shape index (κ3) is 1.42. The minimum atomic E-state index is 0.173. The maximum absolute atomic E-state index is 8.22. The zero-order valence-corrected chi connectivity index (χ0v) is 9.76. The topological polar surface area (TPSA) is 42.7 Å². The summed E-state index contributed by atoms with van der Waals surface area (Å²) in [5.74, 6) is 0. The first kappa shape index (κ1) is 8.72. The van der Waals surface area contributed by atoms with Crippen LogP contribution in [-0.4, -0.2) is 39.9 Å². The molecule has 0 unspecified atom stereocenters. The van der Waals surface area contributed by atoms with E-state index in [1.165, 1.54) is 4.52 Å². The second-order valence-corrected chi connectivity index (χ2v) is 4.82. The lowest BCUT2D eigenvalue weighted by molar-refractivity contribution is 0.0991. The molecular formula is C11H11ClN4O. The van der Waals surface area contributed by atoms with Crippen LogP contribution in [0.1, 0.15) is 7.79 Å². The van der Waals surface area contributed by atoms with Gasteiger partial charge in [-0.3, -0.25) is 0 Å². The highest BCUT2D eigenvalue weighted by Gasteiger charge is 2.39. The summed E-state index contributed by atoms with van der Waals surface area (Å²) in [4.78, 5) is 6.27. The molecule has 0 amide bonds. The molecule has 2 aliphatic heterocycles. The van der Waals surface area contributed by atoms with Crippen molar-refractivity contribution in [1.29, 1.82) is 0 Å². The van der Waals surface area contributed by atoms with Gasteiger partial charge in [0.1, 0.15) is 0 Å². The van der Waals surface area contributed by atoms with E-state index in [2.05, 4.69) is 15.0 Å². The van der Waals surface area contributed by atoms with Crippen LogP contribution in [0.2, 0.25) is 5.28 Å². The number of halogens is 1. The van der Waals surface area contributed by atoms with E-state index in [1.807, 2.05) is 12.1 Å². The quantitative estimate of drug-likeness (QED) is 0.768. The van der Waals surface area contributed by atoms with Crippen molar-refractivity contribution in [3.63, 3.8) is 0 Å². The summed E-state index contributed by atoms with van der Waals surface area (Å²) in [5, 5.41) is 4.21. The van der Waals surface area contributed by atoms with Gasteiger partial charge in [0, 0.05) is 6.54 Å². The Morgan fingerprint density at radius 2 is 2.47 bits per heavy atom. The molecule has 0 spiro atoms. The SMILES string of the molecule is [2H]c1c(N2C[C@@H]3C[C@H]2CO3)ccc2nc(Cl)nn12. The lowest BCUT2D eigenvalue weighted by atomic mass is 10.2. The van der Waals surface area contributed by atoms with Crippen LogP contribution in [-0.2, 0) is 4.74 Å². The number of aromatic nitrogens is 3. The summed E-state index contributed by atoms with van der Waals surface area (Å²) in [6, 6.07) is 4.15. The number of ether oxygens (including phenoxy) is 1. The van der Waals surface area contributed by atoms with Crippen LogP contribution < -0.4 is 4.90 Å². The van der Waals surface area contributed by atoms with Gasteiger partial charge in [-0.15, -0.1) is 5.10 Å². The molecule has 0 radical (unpaired) electrons. The number of hydrogen-bond acceptors (Lipinski definition) is 4. The second-order valence-electron chi connectivity index (χ2n) is 4.48. The first-order chi connectivity index (χ1) is 8.72. The molecule has 4 rings (SSSR count). The minimum Gasteiger partial charge on any atom is -0.374 e. The Balaban J connectivity index is 1.83. The van der Waals surface area contributed by atoms with E-state index in [0.29, 0.717) is 24.0 Å². The van der Waals surface area contributed by atoms with E-state index in [9.17, 15) is 0 Å². The summed E-state index contributed by atoms with van der Waals surface area (Å²) < 4.78 is 15.3. The van der Waals surface area contributed by atoms with Crippen LogP contribution in [0.3, 0.4) is 0 Å². The molecule has 2 bridgehead atoms. The Hall–Kier alpha value is -1.33. The van der Waals surface area contributed by atoms with Crippen LogP contribution >= 0.6 is 11.6 Å². The van der Waals surface area contributed by atoms with Crippen LogP contribution in [0.15, 0.2) is 18.3 Å². The molecule has 4 heterocycles. The van der Waals surface area contributed by atoms with Gasteiger partial charge in [0.25, 0.3) is 0 Å². The molecule has 2 aliphatic rings. The van der Waals surface area contributed by atoms with Crippen molar-refractivity contribution in [3.05, 3.63) is 23.6 Å². The molecule has 88 valence electrons. The number of anilines is 1. The number of hydrogen-bond donors (Lipinski definition) is 0. The molecule has 0 aliphatic carbocycles. The Bertz CT molecular complexity index is 631. The second kappa shape index (κ2) is 3.34. The summed E-state index contributed by atoms with van der Waals surface area (Å²) in [6.45, 7) is 1.60. The molecule has 2 aromatic heterocycles. The number of nitrogens with zero attached hydrogens (tertiary/aromatic N) is 4. The van der Waals surface area contributed by atoms with Crippen LogP contribution in [0.5, 0.6) is 0 Å². The summed E-state index contributed by atoms with van der Waals surface area (Å²) in [7, 11) is 0. The molecule has 0 saturated carbocycles. The smallest absolute Gasteiger partial charge is 0.243 e. The van der Waals surface area contributed by atoms with E-state index < -0.39 is 0 Å². The predicted octanol–water partition coefficient (Wildman–Crippen LogP) is 1.36. The Morgan fingerprint density at radius 1 is 1.53 bits per heavy atom. The lowest BCUT2D eigenvalue weighted by Gasteiger charge is -2.28. The van der Waals surface area contributed by atoms with Gasteiger partial charge in [-0.1, -0.05) is 0 Å². The molecule has 0 N–H and O–H groups in total. The normalized spacial score (nSPS) is 28.1. The molecule has 2 atom stereocenters. The first-order valence-electron chi connectivity index (χ1n) is 6.12. The third-order valence-electron chi connectivity index (χ3n) is 3.43. The van der Waals surface area contributed by atoms with Crippen molar-refractivity contribution >= 4 is 22.9 Å². The van der Waals surface area contributed by atoms with Gasteiger partial charge in [-0.05, 0) is 30.2 Å². The van der Waals surface area contributed by atoms with Crippen molar-refractivity contribution < 1.29 is 6.11 Å². The number of rotatable bonds is 1. The summed E-state index contributed by atoms with van der Waals surface area (Å²) in [6.07, 6.45) is 1.69. The molecular weight excluding hydrogens is 240 g/mol. The molecule has 2 saturated heterocycles. The summed E-state index contributed by atoms with van der Waals surface area (Å²) >= 11 is 5.77. The molecule has 5 nitrogen and oxygen atoms in total. The number of fused-ring (bicyclic) bond motifs is 3. The fourth-order valence-electron chi connectivity index (χ4n) is 2.64. The highest BCUT2D eigenvalue weighted by Crippen LogP contribution is 2.32. The van der Waals surface area contributed by atoms with E-state index in [4.69, 9.17) is 17.7 Å². The van der Waals surface area contributed by atoms with Gasteiger partial charge in [0.05, 0.1) is 32.0 Å². The Kier molecular flexibility index (Phi) is 1.71. The molecule has 2 aromatic rings. The standard InChI is InChI=1S/C11H11ClN4O/c12-11-13-10-2-1-7(4-16(10)14-11)15-5-9-3-8(15)6-17-9/h1-2,4,8-9H,3,5-6H2/t8-,9-/m0/s1/i4D. The minimum absolute atomic E-state index is 0.173. The van der Waals surface area contributed by atoms with Crippen LogP contribution in [0.4, 0.5) is 5.69 Å². The van der Waals surface area contributed by atoms with E-state index in [0.717, 1.165) is 25.3 Å². The average Bonchev–Trinajstić information content (AvgIpc) is 3.03. The average molecular weight is 252 g/mol. The van der Waals surface area contributed by atoms with Crippen molar-refractivity contribution in [2.24, 2.45) is 0 Å². The van der Waals surface area contributed by atoms with Gasteiger partial charge in [0.2, 0.25) is 5.28 Å². The van der Waals surface area contributed by atoms with Gasteiger partial charge in [-0.25, -0.2) is 4.52 Å². The van der Waals surface area contributed by atoms with Crippen LogP contribution in [0.25, 0.3) is 5.65 Å². The van der Waals surface area contributed by atoms with Gasteiger partial charge in [-0.2, -0.15) is 4.98 Å². The molecule has 17 heavy (non-hydrogen) atoms. The fourth-order valence-corrected chi connectivity index (χ4v) is 2.80. The zero-order chi connectivity index (χ0) is 12.3. The van der Waals surface area contributed by atoms with Crippen molar-refractivity contribution in [3.8, 4) is 0 Å². The van der Waals surface area contributed by atoms with Crippen molar-refractivity contribution in [2.75, 3.05) is 18.1 Å². The monoisotopic (exact) mass is 251 g/mol. The lowest BCUT2D eigenvalue weighted by Crippen LogP contribution is -2.37. The Morgan fingerprint density at radius 3 is 3.24 bits per heavy atom. The highest BCUT2D eigenvalue weighted by atomic mass is 35.5. The van der Waals surface area contributed by atoms with Crippen molar-refractivity contribution in [2.45, 2.75) is 18.6 Å². The molecule has 6 heteroatoms. The Labute approximate surface area is 104 Å². The van der Waals surface area contributed by atoms with E-state index in [1.54, 1.807) is 0 Å². The first-order valence-corrected chi connectivity index (χ1v) is 6.00. The number of pyridine rings is 1. The van der Waals surface area contributed by atoms with E-state index >= 15 is 0 Å². The predicted molar refractivity (Wildman–Crippen MR) is 63.5 cm³/mol. The molecule has 0 aromatic carbocycles. The highest BCUT2D eigenvalue weighted by molar-refractivity contribution is 6.28. The summed E-state index contributed by atoms with van der Waals surface area (Å²) in [5.41, 5.74) is 1.48. The third-order valence-corrected chi connectivity index (χ3v) is 3.59. The fraction of sp³-hybridized carbons (Fsp3) is 0.455. The molecule has 2 fully saturated rings. The van der Waals surface area contributed by atoms with Gasteiger partial charge < -0.3 is 9.64 Å². The van der Waals surface area contributed by atoms with Crippen LogP contribution in [0, 0.1) is 0 Å². The maximum atomic E-state index is 8.22. The van der Waals surface area contributed by atoms with Gasteiger partial charge >= 0.3 is 0 Å². The zero-order valence-electron chi connectivity index (χ0n) is 10.0. The largest absolute Gasteiger partial charge is 0.374 e. The van der Waals surface area contributed by atoms with E-state index in [-0.39, 0.29) is 5.28 Å².